The second-order valence-corrected chi connectivity index (χ2v) is 6.19. The predicted molar refractivity (Wildman–Crippen MR) is 71.5 cm³/mol. The quantitative estimate of drug-likeness (QED) is 0.731. The molecule has 0 amide bonds. The van der Waals surface area contributed by atoms with Gasteiger partial charge in [-0.25, -0.2) is 0 Å². The van der Waals surface area contributed by atoms with E-state index in [0.29, 0.717) is 17.5 Å². The number of nitrogens with one attached hydrogen (secondary N) is 1. The molecule has 2 heteroatoms. The molecule has 16 heavy (non-hydrogen) atoms. The van der Waals surface area contributed by atoms with E-state index in [4.69, 9.17) is 5.73 Å². The van der Waals surface area contributed by atoms with Crippen LogP contribution in [-0.2, 0) is 0 Å². The summed E-state index contributed by atoms with van der Waals surface area (Å²) in [5.74, 6) is 0.744. The van der Waals surface area contributed by atoms with Crippen molar-refractivity contribution >= 4 is 0 Å². The Morgan fingerprint density at radius 1 is 1.31 bits per heavy atom. The molecule has 0 heterocycles. The van der Waals surface area contributed by atoms with Gasteiger partial charge in [-0.15, -0.1) is 0 Å². The van der Waals surface area contributed by atoms with Crippen LogP contribution in [0.2, 0.25) is 0 Å². The highest BCUT2D eigenvalue weighted by atomic mass is 15.0. The van der Waals surface area contributed by atoms with Crippen molar-refractivity contribution in [3.8, 4) is 0 Å². The van der Waals surface area contributed by atoms with Gasteiger partial charge in [-0.2, -0.15) is 0 Å². The summed E-state index contributed by atoms with van der Waals surface area (Å²) in [4.78, 5) is 0. The Morgan fingerprint density at radius 2 is 1.94 bits per heavy atom. The van der Waals surface area contributed by atoms with Gasteiger partial charge in [0.1, 0.15) is 0 Å². The van der Waals surface area contributed by atoms with Crippen molar-refractivity contribution in [3.05, 3.63) is 0 Å². The summed E-state index contributed by atoms with van der Waals surface area (Å²) in [5, 5.41) is 3.80. The summed E-state index contributed by atoms with van der Waals surface area (Å²) in [5.41, 5.74) is 6.44. The van der Waals surface area contributed by atoms with E-state index in [9.17, 15) is 0 Å². The van der Waals surface area contributed by atoms with Gasteiger partial charge in [-0.3, -0.25) is 0 Å². The van der Waals surface area contributed by atoms with Crippen LogP contribution in [0.5, 0.6) is 0 Å². The predicted octanol–water partition coefficient (Wildman–Crippen LogP) is 2.92. The van der Waals surface area contributed by atoms with Crippen molar-refractivity contribution in [1.82, 2.24) is 5.32 Å². The molecule has 1 fully saturated rings. The second kappa shape index (κ2) is 6.02. The van der Waals surface area contributed by atoms with Crippen LogP contribution in [0, 0.1) is 11.3 Å². The Bertz CT molecular complexity index is 197. The third kappa shape index (κ3) is 3.74. The van der Waals surface area contributed by atoms with E-state index in [1.807, 2.05) is 0 Å². The lowest BCUT2D eigenvalue weighted by molar-refractivity contribution is 0.294. The monoisotopic (exact) mass is 226 g/mol. The summed E-state index contributed by atoms with van der Waals surface area (Å²) >= 11 is 0. The van der Waals surface area contributed by atoms with E-state index in [-0.39, 0.29) is 0 Å². The summed E-state index contributed by atoms with van der Waals surface area (Å²) in [6.07, 6.45) is 6.46. The fraction of sp³-hybridized carbons (Fsp3) is 1.00. The first-order chi connectivity index (χ1) is 7.52. The number of nitrogens with two attached hydrogens (primary N) is 1. The first-order valence-corrected chi connectivity index (χ1v) is 6.98. The number of rotatable bonds is 6. The van der Waals surface area contributed by atoms with Gasteiger partial charge < -0.3 is 11.1 Å². The zero-order valence-electron chi connectivity index (χ0n) is 11.6. The molecule has 1 saturated carbocycles. The highest BCUT2D eigenvalue weighted by Crippen LogP contribution is 2.37. The first-order valence-electron chi connectivity index (χ1n) is 6.98. The molecule has 2 unspecified atom stereocenters. The molecule has 2 atom stereocenters. The van der Waals surface area contributed by atoms with E-state index in [2.05, 4.69) is 33.0 Å². The Labute approximate surface area is 101 Å². The molecule has 0 spiro atoms. The van der Waals surface area contributed by atoms with Crippen LogP contribution >= 0.6 is 0 Å². The minimum atomic E-state index is 0.522. The molecule has 0 aromatic carbocycles. The van der Waals surface area contributed by atoms with Crippen LogP contribution in [0.1, 0.15) is 59.8 Å². The van der Waals surface area contributed by atoms with Crippen LogP contribution in [0.4, 0.5) is 0 Å². The van der Waals surface area contributed by atoms with E-state index in [0.717, 1.165) is 12.5 Å². The highest BCUT2D eigenvalue weighted by molar-refractivity contribution is 4.89. The molecule has 0 bridgehead atoms. The third-order valence-corrected chi connectivity index (χ3v) is 4.29. The van der Waals surface area contributed by atoms with Crippen LogP contribution in [0.15, 0.2) is 0 Å². The molecule has 1 aliphatic rings. The molecular formula is C14H30N2. The van der Waals surface area contributed by atoms with Gasteiger partial charge in [-0.05, 0) is 30.6 Å². The normalized spacial score (nSPS) is 26.2. The average Bonchev–Trinajstić information content (AvgIpc) is 2.58. The van der Waals surface area contributed by atoms with Gasteiger partial charge in [0.2, 0.25) is 0 Å². The standard InChI is InChI=1S/C14H30N2/c1-5-11(6-2)13(10-15)16-12-7-8-14(3,4)9-12/h11-13,16H,5-10,15H2,1-4H3. The molecule has 0 saturated heterocycles. The lowest BCUT2D eigenvalue weighted by atomic mass is 9.90. The smallest absolute Gasteiger partial charge is 0.0220 e. The average molecular weight is 226 g/mol. The van der Waals surface area contributed by atoms with E-state index in [1.165, 1.54) is 32.1 Å². The second-order valence-electron chi connectivity index (χ2n) is 6.19. The molecular weight excluding hydrogens is 196 g/mol. The first kappa shape index (κ1) is 14.0. The Kier molecular flexibility index (Phi) is 5.26. The van der Waals surface area contributed by atoms with Crippen molar-refractivity contribution in [2.45, 2.75) is 71.9 Å². The van der Waals surface area contributed by atoms with Crippen molar-refractivity contribution in [1.29, 1.82) is 0 Å². The van der Waals surface area contributed by atoms with Crippen LogP contribution in [0.25, 0.3) is 0 Å². The van der Waals surface area contributed by atoms with E-state index in [1.54, 1.807) is 0 Å². The van der Waals surface area contributed by atoms with Crippen LogP contribution in [0.3, 0.4) is 0 Å². The van der Waals surface area contributed by atoms with Gasteiger partial charge >= 0.3 is 0 Å². The molecule has 0 radical (unpaired) electrons. The molecule has 1 aliphatic carbocycles. The summed E-state index contributed by atoms with van der Waals surface area (Å²) in [7, 11) is 0. The van der Waals surface area contributed by atoms with Crippen molar-refractivity contribution < 1.29 is 0 Å². The molecule has 96 valence electrons. The van der Waals surface area contributed by atoms with Gasteiger partial charge in [0, 0.05) is 18.6 Å². The largest absolute Gasteiger partial charge is 0.329 e. The van der Waals surface area contributed by atoms with Crippen molar-refractivity contribution in [3.63, 3.8) is 0 Å². The molecule has 3 N–H and O–H groups in total. The molecule has 0 aliphatic heterocycles. The van der Waals surface area contributed by atoms with Crippen molar-refractivity contribution in [2.24, 2.45) is 17.1 Å². The lowest BCUT2D eigenvalue weighted by Gasteiger charge is -2.29. The zero-order valence-corrected chi connectivity index (χ0v) is 11.6. The Hall–Kier alpha value is -0.0800. The molecule has 1 rings (SSSR count). The van der Waals surface area contributed by atoms with Crippen molar-refractivity contribution in [2.75, 3.05) is 6.54 Å². The maximum Gasteiger partial charge on any atom is 0.0220 e. The minimum absolute atomic E-state index is 0.522. The number of hydrogen-bond donors (Lipinski definition) is 2. The summed E-state index contributed by atoms with van der Waals surface area (Å²) < 4.78 is 0. The third-order valence-electron chi connectivity index (χ3n) is 4.29. The van der Waals surface area contributed by atoms with Crippen LogP contribution in [-0.4, -0.2) is 18.6 Å². The fourth-order valence-electron chi connectivity index (χ4n) is 3.14. The maximum atomic E-state index is 5.91. The Balaban J connectivity index is 2.45. The van der Waals surface area contributed by atoms with E-state index < -0.39 is 0 Å². The Morgan fingerprint density at radius 3 is 2.31 bits per heavy atom. The SMILES string of the molecule is CCC(CC)C(CN)NC1CCC(C)(C)C1. The summed E-state index contributed by atoms with van der Waals surface area (Å²) in [6.45, 7) is 10.1. The molecule has 2 nitrogen and oxygen atoms in total. The van der Waals surface area contributed by atoms with Crippen LogP contribution < -0.4 is 11.1 Å². The highest BCUT2D eigenvalue weighted by Gasteiger charge is 2.32. The van der Waals surface area contributed by atoms with Gasteiger partial charge in [0.05, 0.1) is 0 Å². The minimum Gasteiger partial charge on any atom is -0.329 e. The molecule has 0 aromatic heterocycles. The number of hydrogen-bond acceptors (Lipinski definition) is 2. The van der Waals surface area contributed by atoms with Gasteiger partial charge in [-0.1, -0.05) is 40.5 Å². The summed E-state index contributed by atoms with van der Waals surface area (Å²) in [6, 6.07) is 1.22. The lowest BCUT2D eigenvalue weighted by Crippen LogP contribution is -2.46. The molecule has 0 aromatic rings. The van der Waals surface area contributed by atoms with Gasteiger partial charge in [0.15, 0.2) is 0 Å². The van der Waals surface area contributed by atoms with E-state index >= 15 is 0 Å². The van der Waals surface area contributed by atoms with Gasteiger partial charge in [0.25, 0.3) is 0 Å². The zero-order chi connectivity index (χ0) is 12.2. The fourth-order valence-corrected chi connectivity index (χ4v) is 3.14. The maximum absolute atomic E-state index is 5.91. The topological polar surface area (TPSA) is 38.0 Å².